The van der Waals surface area contributed by atoms with Gasteiger partial charge in [0.2, 0.25) is 5.13 Å². The number of hydrogen-bond donors (Lipinski definition) is 2. The first-order valence-electron chi connectivity index (χ1n) is 6.29. The summed E-state index contributed by atoms with van der Waals surface area (Å²) in [5, 5.41) is 13.1. The molecule has 96 valence electrons. The highest BCUT2D eigenvalue weighted by Crippen LogP contribution is 2.39. The summed E-state index contributed by atoms with van der Waals surface area (Å²) >= 11 is 1.46. The lowest BCUT2D eigenvalue weighted by Crippen LogP contribution is -2.23. The average molecular weight is 255 g/mol. The lowest BCUT2D eigenvalue weighted by molar-refractivity contribution is 0.248. The van der Waals surface area contributed by atoms with Crippen LogP contribution in [0.2, 0.25) is 0 Å². The van der Waals surface area contributed by atoms with E-state index in [4.69, 9.17) is 5.11 Å². The number of rotatable bonds is 7. The van der Waals surface area contributed by atoms with Crippen molar-refractivity contribution in [1.29, 1.82) is 0 Å². The molecule has 1 aliphatic rings. The summed E-state index contributed by atoms with van der Waals surface area (Å²) in [7, 11) is 0. The fourth-order valence-corrected chi connectivity index (χ4v) is 2.42. The normalized spacial score (nSPS) is 16.2. The Morgan fingerprint density at radius 1 is 1.47 bits per heavy atom. The molecule has 1 aliphatic carbocycles. The van der Waals surface area contributed by atoms with Gasteiger partial charge in [-0.1, -0.05) is 13.8 Å². The summed E-state index contributed by atoms with van der Waals surface area (Å²) in [6.45, 7) is 5.57. The van der Waals surface area contributed by atoms with E-state index in [1.807, 2.05) is 0 Å². The van der Waals surface area contributed by atoms with Gasteiger partial charge in [-0.3, -0.25) is 0 Å². The molecular formula is C12H21N3OS. The highest BCUT2D eigenvalue weighted by Gasteiger charge is 2.28. The summed E-state index contributed by atoms with van der Waals surface area (Å²) < 4.78 is 4.37. The van der Waals surface area contributed by atoms with Crippen molar-refractivity contribution in [3.63, 3.8) is 0 Å². The van der Waals surface area contributed by atoms with E-state index in [2.05, 4.69) is 28.5 Å². The zero-order chi connectivity index (χ0) is 12.3. The molecule has 1 saturated carbocycles. The minimum absolute atomic E-state index is 0.189. The van der Waals surface area contributed by atoms with Crippen molar-refractivity contribution in [2.75, 3.05) is 18.5 Å². The van der Waals surface area contributed by atoms with Crippen LogP contribution in [0.1, 0.15) is 51.3 Å². The van der Waals surface area contributed by atoms with Gasteiger partial charge in [0.15, 0.2) is 0 Å². The van der Waals surface area contributed by atoms with Gasteiger partial charge >= 0.3 is 0 Å². The van der Waals surface area contributed by atoms with Gasteiger partial charge in [-0.05, 0) is 31.1 Å². The number of aliphatic hydroxyl groups is 1. The van der Waals surface area contributed by atoms with E-state index >= 15 is 0 Å². The average Bonchev–Trinajstić information content (AvgIpc) is 3.04. The second-order valence-electron chi connectivity index (χ2n) is 5.58. The molecule has 0 bridgehead atoms. The summed E-state index contributed by atoms with van der Waals surface area (Å²) in [5.41, 5.74) is 0.189. The number of aromatic nitrogens is 2. The maximum absolute atomic E-state index is 8.85. The third kappa shape index (κ3) is 3.92. The predicted octanol–water partition coefficient (Wildman–Crippen LogP) is 2.63. The van der Waals surface area contributed by atoms with E-state index in [0.29, 0.717) is 5.92 Å². The quantitative estimate of drug-likeness (QED) is 0.786. The Bertz CT molecular complexity index is 360. The number of nitrogens with one attached hydrogen (secondary N) is 1. The topological polar surface area (TPSA) is 58.0 Å². The highest BCUT2D eigenvalue weighted by molar-refractivity contribution is 7.09. The molecular weight excluding hydrogens is 234 g/mol. The van der Waals surface area contributed by atoms with Gasteiger partial charge in [-0.2, -0.15) is 4.37 Å². The largest absolute Gasteiger partial charge is 0.396 e. The molecule has 0 aromatic carbocycles. The molecule has 1 fully saturated rings. The van der Waals surface area contributed by atoms with E-state index in [1.165, 1.54) is 24.4 Å². The molecule has 0 amide bonds. The van der Waals surface area contributed by atoms with Crippen molar-refractivity contribution in [2.24, 2.45) is 5.41 Å². The van der Waals surface area contributed by atoms with Crippen LogP contribution < -0.4 is 5.32 Å². The lowest BCUT2D eigenvalue weighted by Gasteiger charge is -2.24. The molecule has 0 radical (unpaired) electrons. The van der Waals surface area contributed by atoms with Crippen molar-refractivity contribution < 1.29 is 5.11 Å². The van der Waals surface area contributed by atoms with Crippen LogP contribution in [0.5, 0.6) is 0 Å². The Labute approximate surface area is 107 Å². The number of aliphatic hydroxyl groups excluding tert-OH is 1. The first-order chi connectivity index (χ1) is 8.11. The van der Waals surface area contributed by atoms with Crippen LogP contribution in [0.4, 0.5) is 5.13 Å². The Balaban J connectivity index is 1.79. The van der Waals surface area contributed by atoms with Gasteiger partial charge in [0.1, 0.15) is 5.82 Å². The lowest BCUT2D eigenvalue weighted by atomic mass is 9.88. The molecule has 0 spiro atoms. The molecule has 0 unspecified atom stereocenters. The van der Waals surface area contributed by atoms with Crippen molar-refractivity contribution in [3.05, 3.63) is 5.82 Å². The molecule has 5 heteroatoms. The van der Waals surface area contributed by atoms with Crippen LogP contribution in [0, 0.1) is 5.41 Å². The van der Waals surface area contributed by atoms with Crippen LogP contribution in [-0.4, -0.2) is 27.6 Å². The molecule has 1 aromatic heterocycles. The summed E-state index contributed by atoms with van der Waals surface area (Å²) in [5.74, 6) is 1.65. The predicted molar refractivity (Wildman–Crippen MR) is 70.5 cm³/mol. The molecule has 0 aliphatic heterocycles. The van der Waals surface area contributed by atoms with Gasteiger partial charge < -0.3 is 10.4 Å². The molecule has 2 rings (SSSR count). The Morgan fingerprint density at radius 3 is 2.88 bits per heavy atom. The van der Waals surface area contributed by atoms with Gasteiger partial charge in [-0.25, -0.2) is 4.98 Å². The van der Waals surface area contributed by atoms with E-state index in [9.17, 15) is 0 Å². The zero-order valence-electron chi connectivity index (χ0n) is 10.6. The van der Waals surface area contributed by atoms with E-state index in [1.54, 1.807) is 0 Å². The molecule has 2 N–H and O–H groups in total. The van der Waals surface area contributed by atoms with Crippen molar-refractivity contribution in [2.45, 2.75) is 45.4 Å². The second kappa shape index (κ2) is 5.31. The third-order valence-electron chi connectivity index (χ3n) is 3.11. The first-order valence-corrected chi connectivity index (χ1v) is 7.06. The second-order valence-corrected chi connectivity index (χ2v) is 6.33. The highest BCUT2D eigenvalue weighted by atomic mass is 32.1. The molecule has 17 heavy (non-hydrogen) atoms. The van der Waals surface area contributed by atoms with Gasteiger partial charge in [-0.15, -0.1) is 0 Å². The standard InChI is InChI=1S/C12H21N3OS/c1-12(2,6-3-7-16)8-13-11-14-10(15-17-11)9-4-5-9/h9,16H,3-8H2,1-2H3,(H,13,14,15). The van der Waals surface area contributed by atoms with Gasteiger partial charge in [0.25, 0.3) is 0 Å². The molecule has 1 aromatic rings. The monoisotopic (exact) mass is 255 g/mol. The Hall–Kier alpha value is -0.680. The van der Waals surface area contributed by atoms with Crippen LogP contribution in [0.15, 0.2) is 0 Å². The van der Waals surface area contributed by atoms with Crippen LogP contribution >= 0.6 is 11.5 Å². The Kier molecular flexibility index (Phi) is 3.99. The number of anilines is 1. The van der Waals surface area contributed by atoms with Crippen LogP contribution in [0.25, 0.3) is 0 Å². The third-order valence-corrected chi connectivity index (χ3v) is 3.80. The van der Waals surface area contributed by atoms with Gasteiger partial charge in [0, 0.05) is 30.6 Å². The van der Waals surface area contributed by atoms with Gasteiger partial charge in [0.05, 0.1) is 0 Å². The first kappa shape index (κ1) is 12.8. The minimum atomic E-state index is 0.189. The number of hydrogen-bond acceptors (Lipinski definition) is 5. The fraction of sp³-hybridized carbons (Fsp3) is 0.833. The smallest absolute Gasteiger partial charge is 0.202 e. The van der Waals surface area contributed by atoms with E-state index < -0.39 is 0 Å². The molecule has 1 heterocycles. The van der Waals surface area contributed by atoms with Crippen molar-refractivity contribution in [1.82, 2.24) is 9.36 Å². The maximum Gasteiger partial charge on any atom is 0.202 e. The van der Waals surface area contributed by atoms with Crippen LogP contribution in [0.3, 0.4) is 0 Å². The Morgan fingerprint density at radius 2 is 2.24 bits per heavy atom. The molecule has 0 saturated heterocycles. The summed E-state index contributed by atoms with van der Waals surface area (Å²) in [6.07, 6.45) is 4.37. The summed E-state index contributed by atoms with van der Waals surface area (Å²) in [6, 6.07) is 0. The molecule has 0 atom stereocenters. The van der Waals surface area contributed by atoms with Crippen molar-refractivity contribution in [3.8, 4) is 0 Å². The van der Waals surface area contributed by atoms with E-state index in [-0.39, 0.29) is 12.0 Å². The number of nitrogens with zero attached hydrogens (tertiary/aromatic N) is 2. The minimum Gasteiger partial charge on any atom is -0.396 e. The zero-order valence-corrected chi connectivity index (χ0v) is 11.4. The van der Waals surface area contributed by atoms with E-state index in [0.717, 1.165) is 30.3 Å². The summed E-state index contributed by atoms with van der Waals surface area (Å²) in [4.78, 5) is 4.50. The van der Waals surface area contributed by atoms with Crippen molar-refractivity contribution >= 4 is 16.7 Å². The molecule has 4 nitrogen and oxygen atoms in total. The fourth-order valence-electron chi connectivity index (χ4n) is 1.77. The SMILES string of the molecule is CC(C)(CCCO)CNc1nc(C2CC2)ns1. The van der Waals surface area contributed by atoms with Crippen LogP contribution in [-0.2, 0) is 0 Å². The maximum atomic E-state index is 8.85.